The van der Waals surface area contributed by atoms with Gasteiger partial charge in [-0.2, -0.15) is 0 Å². The van der Waals surface area contributed by atoms with Crippen LogP contribution >= 0.6 is 0 Å². The lowest BCUT2D eigenvalue weighted by Gasteiger charge is -2.34. The van der Waals surface area contributed by atoms with Crippen molar-refractivity contribution >= 4 is 11.9 Å². The molecule has 0 spiro atoms. The molecular weight excluding hydrogens is 330 g/mol. The molecule has 0 saturated carbocycles. The molecule has 2 heterocycles. The topological polar surface area (TPSA) is 69.2 Å². The molecule has 1 atom stereocenters. The van der Waals surface area contributed by atoms with Gasteiger partial charge in [-0.15, -0.1) is 0 Å². The van der Waals surface area contributed by atoms with E-state index in [0.29, 0.717) is 0 Å². The molecule has 0 radical (unpaired) electrons. The number of nitrogens with one attached hydrogen (secondary N) is 2. The SMILES string of the molecule is CN=C(NCCN1CCN(C(C)=O)CC1)NCC1Cc2ccccc2O1. The Morgan fingerprint density at radius 1 is 1.23 bits per heavy atom. The van der Waals surface area contributed by atoms with E-state index in [1.165, 1.54) is 5.56 Å². The number of aliphatic imine (C=N–C) groups is 1. The Kier molecular flexibility index (Phi) is 6.33. The number of hydrogen-bond acceptors (Lipinski definition) is 4. The third-order valence-corrected chi connectivity index (χ3v) is 4.97. The van der Waals surface area contributed by atoms with Crippen molar-refractivity contribution in [3.8, 4) is 5.75 Å². The van der Waals surface area contributed by atoms with Crippen LogP contribution in [-0.2, 0) is 11.2 Å². The molecule has 1 fully saturated rings. The summed E-state index contributed by atoms with van der Waals surface area (Å²) in [6, 6.07) is 8.20. The highest BCUT2D eigenvalue weighted by Gasteiger charge is 2.22. The average molecular weight is 359 g/mol. The molecule has 0 aliphatic carbocycles. The third kappa shape index (κ3) is 4.88. The number of benzene rings is 1. The van der Waals surface area contributed by atoms with Crippen molar-refractivity contribution in [3.63, 3.8) is 0 Å². The fraction of sp³-hybridized carbons (Fsp3) is 0.579. The Bertz CT molecular complexity index is 616. The highest BCUT2D eigenvalue weighted by Crippen LogP contribution is 2.27. The number of guanidine groups is 1. The molecule has 2 N–H and O–H groups in total. The molecule has 2 aliphatic rings. The Labute approximate surface area is 155 Å². The molecule has 1 saturated heterocycles. The third-order valence-electron chi connectivity index (χ3n) is 4.97. The van der Waals surface area contributed by atoms with E-state index in [0.717, 1.165) is 63.9 Å². The van der Waals surface area contributed by atoms with Crippen LogP contribution in [0.15, 0.2) is 29.3 Å². The van der Waals surface area contributed by atoms with E-state index in [4.69, 9.17) is 4.74 Å². The number of carbonyl (C=O) groups is 1. The number of rotatable bonds is 5. The molecule has 2 aliphatic heterocycles. The van der Waals surface area contributed by atoms with E-state index in [1.54, 1.807) is 14.0 Å². The van der Waals surface area contributed by atoms with Crippen molar-refractivity contribution in [2.45, 2.75) is 19.4 Å². The van der Waals surface area contributed by atoms with Gasteiger partial charge in [0, 0.05) is 59.7 Å². The van der Waals surface area contributed by atoms with Crippen LogP contribution < -0.4 is 15.4 Å². The molecule has 142 valence electrons. The fourth-order valence-corrected chi connectivity index (χ4v) is 3.42. The van der Waals surface area contributed by atoms with Crippen LogP contribution in [-0.4, -0.2) is 80.6 Å². The number of amides is 1. The van der Waals surface area contributed by atoms with E-state index in [9.17, 15) is 4.79 Å². The first kappa shape index (κ1) is 18.5. The summed E-state index contributed by atoms with van der Waals surface area (Å²) in [6.07, 6.45) is 1.08. The van der Waals surface area contributed by atoms with E-state index < -0.39 is 0 Å². The maximum atomic E-state index is 11.4. The number of hydrogen-bond donors (Lipinski definition) is 2. The lowest BCUT2D eigenvalue weighted by molar-refractivity contribution is -0.130. The van der Waals surface area contributed by atoms with Gasteiger partial charge in [-0.3, -0.25) is 14.7 Å². The van der Waals surface area contributed by atoms with Crippen LogP contribution in [0.4, 0.5) is 0 Å². The first-order valence-corrected chi connectivity index (χ1v) is 9.32. The van der Waals surface area contributed by atoms with Gasteiger partial charge in [0.25, 0.3) is 0 Å². The zero-order chi connectivity index (χ0) is 18.4. The second kappa shape index (κ2) is 8.89. The molecule has 1 aromatic carbocycles. The van der Waals surface area contributed by atoms with Gasteiger partial charge in [-0.05, 0) is 11.6 Å². The summed E-state index contributed by atoms with van der Waals surface area (Å²) in [7, 11) is 1.78. The summed E-state index contributed by atoms with van der Waals surface area (Å²) >= 11 is 0. The van der Waals surface area contributed by atoms with Crippen molar-refractivity contribution in [1.29, 1.82) is 0 Å². The van der Waals surface area contributed by atoms with E-state index >= 15 is 0 Å². The molecule has 7 heteroatoms. The lowest BCUT2D eigenvalue weighted by atomic mass is 10.1. The van der Waals surface area contributed by atoms with Crippen molar-refractivity contribution in [2.24, 2.45) is 4.99 Å². The molecule has 26 heavy (non-hydrogen) atoms. The highest BCUT2D eigenvalue weighted by atomic mass is 16.5. The zero-order valence-corrected chi connectivity index (χ0v) is 15.7. The van der Waals surface area contributed by atoms with Crippen LogP contribution in [0.5, 0.6) is 5.75 Å². The number of para-hydroxylation sites is 1. The van der Waals surface area contributed by atoms with E-state index in [2.05, 4.69) is 32.7 Å². The minimum absolute atomic E-state index is 0.144. The van der Waals surface area contributed by atoms with E-state index in [1.807, 2.05) is 17.0 Å². The summed E-state index contributed by atoms with van der Waals surface area (Å²) < 4.78 is 5.95. The monoisotopic (exact) mass is 359 g/mol. The minimum atomic E-state index is 0.144. The fourth-order valence-electron chi connectivity index (χ4n) is 3.42. The van der Waals surface area contributed by atoms with Gasteiger partial charge in [-0.1, -0.05) is 18.2 Å². The summed E-state index contributed by atoms with van der Waals surface area (Å²) in [4.78, 5) is 19.9. The number of carbonyl (C=O) groups excluding carboxylic acids is 1. The summed E-state index contributed by atoms with van der Waals surface area (Å²) in [5, 5.41) is 6.71. The van der Waals surface area contributed by atoms with Crippen molar-refractivity contribution in [1.82, 2.24) is 20.4 Å². The first-order valence-electron chi connectivity index (χ1n) is 9.32. The molecule has 1 unspecified atom stereocenters. The van der Waals surface area contributed by atoms with Crippen molar-refractivity contribution in [3.05, 3.63) is 29.8 Å². The van der Waals surface area contributed by atoms with Crippen LogP contribution in [0.1, 0.15) is 12.5 Å². The van der Waals surface area contributed by atoms with Crippen LogP contribution in [0.3, 0.4) is 0 Å². The molecule has 1 amide bonds. The standard InChI is InChI=1S/C19H29N5O2/c1-15(25)24-11-9-23(10-12-24)8-7-21-19(20-2)22-14-17-13-16-5-3-4-6-18(16)26-17/h3-6,17H,7-14H2,1-2H3,(H2,20,21,22). The predicted molar refractivity (Wildman–Crippen MR) is 103 cm³/mol. The van der Waals surface area contributed by atoms with E-state index in [-0.39, 0.29) is 12.0 Å². The van der Waals surface area contributed by atoms with Gasteiger partial charge in [0.15, 0.2) is 5.96 Å². The molecular formula is C19H29N5O2. The zero-order valence-electron chi connectivity index (χ0n) is 15.7. The summed E-state index contributed by atoms with van der Waals surface area (Å²) in [6.45, 7) is 7.64. The van der Waals surface area contributed by atoms with Gasteiger partial charge in [0.1, 0.15) is 11.9 Å². The Hall–Kier alpha value is -2.28. The summed E-state index contributed by atoms with van der Waals surface area (Å²) in [5.74, 6) is 1.96. The van der Waals surface area contributed by atoms with Gasteiger partial charge < -0.3 is 20.3 Å². The Balaban J connectivity index is 1.33. The molecule has 0 aromatic heterocycles. The van der Waals surface area contributed by atoms with Gasteiger partial charge in [0.05, 0.1) is 6.54 Å². The Morgan fingerprint density at radius 3 is 2.69 bits per heavy atom. The smallest absolute Gasteiger partial charge is 0.219 e. The molecule has 3 rings (SSSR count). The lowest BCUT2D eigenvalue weighted by Crippen LogP contribution is -2.50. The number of nitrogens with zero attached hydrogens (tertiary/aromatic N) is 3. The van der Waals surface area contributed by atoms with Crippen LogP contribution in [0.2, 0.25) is 0 Å². The minimum Gasteiger partial charge on any atom is -0.488 e. The summed E-state index contributed by atoms with van der Waals surface area (Å²) in [5.41, 5.74) is 1.27. The second-order valence-electron chi connectivity index (χ2n) is 6.78. The van der Waals surface area contributed by atoms with Crippen molar-refractivity contribution in [2.75, 3.05) is 52.9 Å². The van der Waals surface area contributed by atoms with Crippen molar-refractivity contribution < 1.29 is 9.53 Å². The quantitative estimate of drug-likeness (QED) is 0.585. The van der Waals surface area contributed by atoms with Gasteiger partial charge in [-0.25, -0.2) is 0 Å². The largest absolute Gasteiger partial charge is 0.488 e. The molecule has 1 aromatic rings. The van der Waals surface area contributed by atoms with Crippen LogP contribution in [0.25, 0.3) is 0 Å². The highest BCUT2D eigenvalue weighted by molar-refractivity contribution is 5.79. The maximum Gasteiger partial charge on any atom is 0.219 e. The number of fused-ring (bicyclic) bond motifs is 1. The Morgan fingerprint density at radius 2 is 2.00 bits per heavy atom. The average Bonchev–Trinajstić information content (AvgIpc) is 3.07. The maximum absolute atomic E-state index is 11.4. The molecule has 7 nitrogen and oxygen atoms in total. The first-order chi connectivity index (χ1) is 12.7. The predicted octanol–water partition coefficient (Wildman–Crippen LogP) is 0.319. The van der Waals surface area contributed by atoms with Gasteiger partial charge >= 0.3 is 0 Å². The van der Waals surface area contributed by atoms with Gasteiger partial charge in [0.2, 0.25) is 5.91 Å². The normalized spacial score (nSPS) is 20.5. The van der Waals surface area contributed by atoms with Crippen LogP contribution in [0, 0.1) is 0 Å². The molecule has 0 bridgehead atoms. The number of ether oxygens (including phenoxy) is 1. The number of piperazine rings is 1. The second-order valence-corrected chi connectivity index (χ2v) is 6.78.